The Morgan fingerprint density at radius 2 is 2.04 bits per heavy atom. The molecule has 0 saturated carbocycles. The molecular formula is C37H46N8O2. The van der Waals surface area contributed by atoms with Crippen LogP contribution in [0.2, 0.25) is 0 Å². The number of likely N-dealkylation sites (N-methyl/N-ethyl adjacent to an activating group) is 1. The van der Waals surface area contributed by atoms with Gasteiger partial charge in [0.25, 0.3) is 5.91 Å². The fraction of sp³-hybridized carbons (Fsp3) is 0.405. The summed E-state index contributed by atoms with van der Waals surface area (Å²) in [6, 6.07) is 13.8. The molecular weight excluding hydrogens is 588 g/mol. The number of hydrogen-bond donors (Lipinski definition) is 2. The number of allylic oxidation sites excluding steroid dienone is 2. The van der Waals surface area contributed by atoms with Crippen molar-refractivity contribution in [3.63, 3.8) is 0 Å². The number of aliphatic imine (C=N–C) groups is 3. The van der Waals surface area contributed by atoms with Gasteiger partial charge < -0.3 is 20.4 Å². The molecule has 10 heteroatoms. The van der Waals surface area contributed by atoms with Gasteiger partial charge in [0.1, 0.15) is 17.3 Å². The molecule has 2 atom stereocenters. The van der Waals surface area contributed by atoms with Gasteiger partial charge in [-0.1, -0.05) is 31.2 Å². The third-order valence-corrected chi connectivity index (χ3v) is 8.88. The van der Waals surface area contributed by atoms with E-state index in [1.807, 2.05) is 43.0 Å². The van der Waals surface area contributed by atoms with E-state index in [0.29, 0.717) is 30.0 Å². The van der Waals surface area contributed by atoms with Gasteiger partial charge in [-0.05, 0) is 79.7 Å². The summed E-state index contributed by atoms with van der Waals surface area (Å²) >= 11 is 0. The molecule has 47 heavy (non-hydrogen) atoms. The molecule has 2 unspecified atom stereocenters. The van der Waals surface area contributed by atoms with Gasteiger partial charge in [0.2, 0.25) is 0 Å². The Kier molecular flexibility index (Phi) is 10.9. The van der Waals surface area contributed by atoms with E-state index in [2.05, 4.69) is 41.5 Å². The highest BCUT2D eigenvalue weighted by molar-refractivity contribution is 6.02. The quantitative estimate of drug-likeness (QED) is 0.264. The minimum atomic E-state index is -0.137. The maximum Gasteiger partial charge on any atom is 0.251 e. The number of fused-ring (bicyclic) bond motifs is 2. The predicted molar refractivity (Wildman–Crippen MR) is 192 cm³/mol. The van der Waals surface area contributed by atoms with Crippen LogP contribution in [0.1, 0.15) is 70.5 Å². The molecule has 0 radical (unpaired) electrons. The lowest BCUT2D eigenvalue weighted by molar-refractivity contribution is 0.0950. The third kappa shape index (κ3) is 7.82. The predicted octanol–water partition coefficient (Wildman–Crippen LogP) is 5.68. The number of carbonyl (C=O) groups is 1. The number of nitrogens with zero attached hydrogens (tertiary/aromatic N) is 6. The highest BCUT2D eigenvalue weighted by Gasteiger charge is 2.30. The van der Waals surface area contributed by atoms with E-state index in [1.54, 1.807) is 32.5 Å². The molecule has 1 amide bonds. The van der Waals surface area contributed by atoms with Gasteiger partial charge in [-0.15, -0.1) is 0 Å². The monoisotopic (exact) mass is 634 g/mol. The second kappa shape index (κ2) is 15.3. The van der Waals surface area contributed by atoms with Crippen LogP contribution < -0.4 is 10.1 Å². The lowest BCUT2D eigenvalue weighted by Gasteiger charge is -2.26. The normalized spacial score (nSPS) is 17.8. The Hall–Kier alpha value is -4.70. The molecule has 0 saturated heterocycles. The number of nitrogens with one attached hydrogen (secondary N) is 2. The van der Waals surface area contributed by atoms with E-state index >= 15 is 0 Å². The van der Waals surface area contributed by atoms with E-state index in [-0.39, 0.29) is 17.7 Å². The average molecular weight is 635 g/mol. The van der Waals surface area contributed by atoms with Crippen LogP contribution in [0.4, 0.5) is 5.69 Å². The highest BCUT2D eigenvalue weighted by atomic mass is 16.5. The first-order valence-corrected chi connectivity index (χ1v) is 16.2. The van der Waals surface area contributed by atoms with Crippen molar-refractivity contribution in [2.24, 2.45) is 27.9 Å². The topological polar surface area (TPSA) is 120 Å². The van der Waals surface area contributed by atoms with Crippen molar-refractivity contribution in [1.29, 1.82) is 5.41 Å². The number of ether oxygens (including phenoxy) is 1. The summed E-state index contributed by atoms with van der Waals surface area (Å²) in [6.45, 7) is 3.63. The second-order valence-electron chi connectivity index (χ2n) is 12.5. The molecule has 2 N–H and O–H groups in total. The van der Waals surface area contributed by atoms with Crippen molar-refractivity contribution < 1.29 is 9.53 Å². The van der Waals surface area contributed by atoms with Crippen molar-refractivity contribution in [3.8, 4) is 5.75 Å². The van der Waals surface area contributed by atoms with Gasteiger partial charge in [0.15, 0.2) is 0 Å². The van der Waals surface area contributed by atoms with Crippen LogP contribution in [0.3, 0.4) is 0 Å². The summed E-state index contributed by atoms with van der Waals surface area (Å²) in [5, 5.41) is 15.8. The van der Waals surface area contributed by atoms with Crippen LogP contribution in [-0.4, -0.2) is 86.4 Å². The zero-order valence-corrected chi connectivity index (χ0v) is 28.4. The minimum absolute atomic E-state index is 0.136. The Morgan fingerprint density at radius 1 is 1.21 bits per heavy atom. The summed E-state index contributed by atoms with van der Waals surface area (Å²) in [5.41, 5.74) is 9.63. The maximum absolute atomic E-state index is 12.7. The Labute approximate surface area is 277 Å². The fourth-order valence-corrected chi connectivity index (χ4v) is 6.38. The number of benzene rings is 2. The molecule has 5 rings (SSSR count). The third-order valence-electron chi connectivity index (χ3n) is 8.88. The van der Waals surface area contributed by atoms with Gasteiger partial charge in [0.05, 0.1) is 24.4 Å². The van der Waals surface area contributed by atoms with Crippen LogP contribution in [0, 0.1) is 11.3 Å². The fourth-order valence-electron chi connectivity index (χ4n) is 6.38. The molecule has 0 bridgehead atoms. The molecule has 1 aromatic heterocycles. The van der Waals surface area contributed by atoms with Gasteiger partial charge in [-0.3, -0.25) is 14.5 Å². The van der Waals surface area contributed by atoms with Crippen molar-refractivity contribution in [1.82, 2.24) is 20.0 Å². The van der Waals surface area contributed by atoms with Crippen molar-refractivity contribution in [3.05, 3.63) is 81.7 Å². The van der Waals surface area contributed by atoms with E-state index in [1.165, 1.54) is 34.2 Å². The van der Waals surface area contributed by atoms with Crippen molar-refractivity contribution in [2.75, 3.05) is 41.3 Å². The van der Waals surface area contributed by atoms with Crippen molar-refractivity contribution in [2.45, 2.75) is 44.9 Å². The summed E-state index contributed by atoms with van der Waals surface area (Å²) in [5.74, 6) is 1.30. The van der Waals surface area contributed by atoms with Crippen LogP contribution in [0.5, 0.6) is 5.75 Å². The number of aryl methyl sites for hydroxylation is 2. The first-order chi connectivity index (χ1) is 22.7. The van der Waals surface area contributed by atoms with E-state index in [0.717, 1.165) is 49.3 Å². The molecule has 0 fully saturated rings. The largest absolute Gasteiger partial charge is 0.494 e. The SMILES string of the molecule is CN=CC(C=N)c1cccc(Cc2c3c(nn2C)CCC2=C3C(C)CCC(=Nc3ccc(C(=O)NCCN(C)C)cc3OC)N=C2)c1. The average Bonchev–Trinajstić information content (AvgIpc) is 3.37. The second-order valence-corrected chi connectivity index (χ2v) is 12.5. The summed E-state index contributed by atoms with van der Waals surface area (Å²) in [7, 11) is 9.33. The molecule has 1 aliphatic carbocycles. The van der Waals surface area contributed by atoms with E-state index in [4.69, 9.17) is 25.2 Å². The number of rotatable bonds is 11. The van der Waals surface area contributed by atoms with Gasteiger partial charge in [-0.2, -0.15) is 5.10 Å². The Balaban J connectivity index is 1.42. The minimum Gasteiger partial charge on any atom is -0.494 e. The van der Waals surface area contributed by atoms with Gasteiger partial charge in [-0.25, -0.2) is 9.98 Å². The molecule has 0 spiro atoms. The number of amidine groups is 1. The zero-order valence-electron chi connectivity index (χ0n) is 28.4. The molecule has 1 aliphatic heterocycles. The van der Waals surface area contributed by atoms with Gasteiger partial charge in [0, 0.05) is 69.8 Å². The smallest absolute Gasteiger partial charge is 0.251 e. The van der Waals surface area contributed by atoms with Gasteiger partial charge >= 0.3 is 0 Å². The lowest BCUT2D eigenvalue weighted by Crippen LogP contribution is -2.31. The Bertz CT molecular complexity index is 1750. The van der Waals surface area contributed by atoms with Crippen LogP contribution in [0.15, 0.2) is 63.0 Å². The van der Waals surface area contributed by atoms with Crippen LogP contribution in [-0.2, 0) is 19.9 Å². The first-order valence-electron chi connectivity index (χ1n) is 16.2. The van der Waals surface area contributed by atoms with E-state index < -0.39 is 0 Å². The maximum atomic E-state index is 12.7. The zero-order chi connectivity index (χ0) is 33.5. The number of carbonyl (C=O) groups excluding carboxylic acids is 1. The highest BCUT2D eigenvalue weighted by Crippen LogP contribution is 2.41. The molecule has 2 aromatic carbocycles. The Morgan fingerprint density at radius 3 is 2.79 bits per heavy atom. The standard InChI is InChI=1S/C37H46N8O2/c1-24-10-15-34(42-30-13-11-27(20-33(30)47-6)37(46)40-16-17-44(3)4)41-23-28-12-14-31-36(35(24)28)32(45(5)43-31)19-25-8-7-9-26(18-25)29(21-38)22-39-2/h7-9,11,13,18,20-24,29,38H,10,12,14-17,19H2,1-6H3,(H,40,46). The lowest BCUT2D eigenvalue weighted by atomic mass is 9.79. The summed E-state index contributed by atoms with van der Waals surface area (Å²) in [6.07, 6.45) is 9.33. The summed E-state index contributed by atoms with van der Waals surface area (Å²) < 4.78 is 7.69. The molecule has 2 heterocycles. The number of amides is 1. The number of hydrogen-bond acceptors (Lipinski definition) is 7. The molecule has 10 nitrogen and oxygen atoms in total. The number of methoxy groups -OCH3 is 1. The number of aromatic nitrogens is 2. The molecule has 2 aliphatic rings. The van der Waals surface area contributed by atoms with Crippen molar-refractivity contribution >= 4 is 41.6 Å². The summed E-state index contributed by atoms with van der Waals surface area (Å²) in [4.78, 5) is 28.7. The van der Waals surface area contributed by atoms with Crippen LogP contribution >= 0.6 is 0 Å². The first kappa shape index (κ1) is 33.7. The van der Waals surface area contributed by atoms with E-state index in [9.17, 15) is 4.79 Å². The van der Waals surface area contributed by atoms with Crippen LogP contribution in [0.25, 0.3) is 5.57 Å². The molecule has 246 valence electrons. The molecule has 3 aromatic rings.